The van der Waals surface area contributed by atoms with E-state index in [0.717, 1.165) is 11.8 Å². The maximum Gasteiger partial charge on any atom is 0.407 e. The lowest BCUT2D eigenvalue weighted by Gasteiger charge is -2.33. The van der Waals surface area contributed by atoms with Crippen molar-refractivity contribution in [2.24, 2.45) is 0 Å². The molecule has 1 saturated carbocycles. The molecule has 2 N–H and O–H groups in total. The van der Waals surface area contributed by atoms with Crippen LogP contribution in [-0.4, -0.2) is 39.3 Å². The SMILES string of the molecule is CC(C)(C)OC(=O)NC1CC[C@@H](O)[C@H](SC(=O)c2ccccc2)C1. The zero-order valence-corrected chi connectivity index (χ0v) is 15.1. The van der Waals surface area contributed by atoms with Crippen LogP contribution in [0.2, 0.25) is 0 Å². The fourth-order valence-electron chi connectivity index (χ4n) is 2.62. The van der Waals surface area contributed by atoms with Crippen molar-refractivity contribution in [2.45, 2.75) is 63.0 Å². The van der Waals surface area contributed by atoms with Crippen LogP contribution < -0.4 is 5.32 Å². The number of alkyl carbamates (subject to hydrolysis) is 1. The van der Waals surface area contributed by atoms with Crippen LogP contribution in [0.1, 0.15) is 50.4 Å². The second-order valence-corrected chi connectivity index (χ2v) is 8.25. The zero-order chi connectivity index (χ0) is 17.7. The van der Waals surface area contributed by atoms with E-state index in [1.54, 1.807) is 12.1 Å². The minimum absolute atomic E-state index is 0.0578. The van der Waals surface area contributed by atoms with Crippen LogP contribution in [-0.2, 0) is 4.74 Å². The number of amides is 1. The van der Waals surface area contributed by atoms with Crippen molar-refractivity contribution in [3.05, 3.63) is 35.9 Å². The van der Waals surface area contributed by atoms with Gasteiger partial charge in [0.15, 0.2) is 0 Å². The van der Waals surface area contributed by atoms with E-state index in [1.807, 2.05) is 39.0 Å². The number of rotatable bonds is 3. The number of aliphatic hydroxyl groups excluding tert-OH is 1. The number of benzene rings is 1. The summed E-state index contributed by atoms with van der Waals surface area (Å²) in [6.45, 7) is 5.44. The van der Waals surface area contributed by atoms with Gasteiger partial charge >= 0.3 is 6.09 Å². The number of aliphatic hydroxyl groups is 1. The fraction of sp³-hybridized carbons (Fsp3) is 0.556. The smallest absolute Gasteiger partial charge is 0.407 e. The van der Waals surface area contributed by atoms with Gasteiger partial charge in [-0.2, -0.15) is 0 Å². The minimum Gasteiger partial charge on any atom is -0.444 e. The average molecular weight is 351 g/mol. The van der Waals surface area contributed by atoms with E-state index in [9.17, 15) is 14.7 Å². The summed E-state index contributed by atoms with van der Waals surface area (Å²) >= 11 is 1.14. The molecular weight excluding hydrogens is 326 g/mol. The second kappa shape index (κ2) is 8.03. The molecule has 1 unspecified atom stereocenters. The largest absolute Gasteiger partial charge is 0.444 e. The van der Waals surface area contributed by atoms with E-state index in [0.29, 0.717) is 24.8 Å². The lowest BCUT2D eigenvalue weighted by molar-refractivity contribution is 0.0466. The average Bonchev–Trinajstić information content (AvgIpc) is 2.49. The van der Waals surface area contributed by atoms with Gasteiger partial charge in [0.2, 0.25) is 5.12 Å². The Kier molecular flexibility index (Phi) is 6.29. The van der Waals surface area contributed by atoms with Gasteiger partial charge in [-0.3, -0.25) is 4.79 Å². The fourth-order valence-corrected chi connectivity index (χ4v) is 3.79. The van der Waals surface area contributed by atoms with Gasteiger partial charge < -0.3 is 15.2 Å². The molecule has 1 aromatic rings. The highest BCUT2D eigenvalue weighted by Gasteiger charge is 2.33. The Morgan fingerprint density at radius 3 is 2.50 bits per heavy atom. The van der Waals surface area contributed by atoms with Crippen LogP contribution in [0.25, 0.3) is 0 Å². The van der Waals surface area contributed by atoms with Crippen LogP contribution in [0.4, 0.5) is 4.79 Å². The Balaban J connectivity index is 1.91. The molecule has 1 aliphatic rings. The third kappa shape index (κ3) is 5.83. The van der Waals surface area contributed by atoms with E-state index in [2.05, 4.69) is 5.32 Å². The quantitative estimate of drug-likeness (QED) is 0.873. The summed E-state index contributed by atoms with van der Waals surface area (Å²) in [6, 6.07) is 8.93. The van der Waals surface area contributed by atoms with Crippen LogP contribution in [0.5, 0.6) is 0 Å². The van der Waals surface area contributed by atoms with Crippen LogP contribution in [0, 0.1) is 0 Å². The lowest BCUT2D eigenvalue weighted by Crippen LogP contribution is -2.45. The van der Waals surface area contributed by atoms with Crippen LogP contribution in [0.15, 0.2) is 30.3 Å². The molecule has 0 spiro atoms. The number of ether oxygens (including phenoxy) is 1. The summed E-state index contributed by atoms with van der Waals surface area (Å²) in [5, 5.41) is 12.7. The molecule has 1 fully saturated rings. The van der Waals surface area contributed by atoms with Gasteiger partial charge in [0.25, 0.3) is 0 Å². The molecule has 0 saturated heterocycles. The van der Waals surface area contributed by atoms with Crippen molar-refractivity contribution in [3.63, 3.8) is 0 Å². The molecule has 0 heterocycles. The van der Waals surface area contributed by atoms with Crippen molar-refractivity contribution in [3.8, 4) is 0 Å². The van der Waals surface area contributed by atoms with Gasteiger partial charge in [-0.25, -0.2) is 4.79 Å². The van der Waals surface area contributed by atoms with Gasteiger partial charge in [0, 0.05) is 16.9 Å². The van der Waals surface area contributed by atoms with E-state index in [1.165, 1.54) is 0 Å². The van der Waals surface area contributed by atoms with Crippen LogP contribution in [0.3, 0.4) is 0 Å². The number of nitrogens with one attached hydrogen (secondary N) is 1. The van der Waals surface area contributed by atoms with Crippen molar-refractivity contribution >= 4 is 23.0 Å². The van der Waals surface area contributed by atoms with E-state index in [4.69, 9.17) is 4.74 Å². The maximum absolute atomic E-state index is 12.3. The summed E-state index contributed by atoms with van der Waals surface area (Å²) in [7, 11) is 0. The van der Waals surface area contributed by atoms with Gasteiger partial charge in [-0.1, -0.05) is 42.1 Å². The molecule has 0 aliphatic heterocycles. The van der Waals surface area contributed by atoms with Crippen molar-refractivity contribution in [1.82, 2.24) is 5.32 Å². The van der Waals surface area contributed by atoms with Gasteiger partial charge in [-0.05, 0) is 40.0 Å². The first-order valence-corrected chi connectivity index (χ1v) is 9.06. The molecule has 3 atom stereocenters. The molecule has 132 valence electrons. The number of thioether (sulfide) groups is 1. The lowest BCUT2D eigenvalue weighted by atomic mass is 9.93. The highest BCUT2D eigenvalue weighted by Crippen LogP contribution is 2.31. The first-order chi connectivity index (χ1) is 11.2. The Morgan fingerprint density at radius 1 is 1.21 bits per heavy atom. The second-order valence-electron chi connectivity index (χ2n) is 7.03. The summed E-state index contributed by atoms with van der Waals surface area (Å²) in [5.41, 5.74) is 0.0762. The minimum atomic E-state index is -0.546. The summed E-state index contributed by atoms with van der Waals surface area (Å²) < 4.78 is 5.27. The zero-order valence-electron chi connectivity index (χ0n) is 14.3. The maximum atomic E-state index is 12.3. The summed E-state index contributed by atoms with van der Waals surface area (Å²) in [5.74, 6) is 0. The molecule has 0 radical (unpaired) electrons. The Labute approximate surface area is 147 Å². The molecule has 1 aliphatic carbocycles. The first kappa shape index (κ1) is 18.8. The summed E-state index contributed by atoms with van der Waals surface area (Å²) in [6.07, 6.45) is 0.780. The molecule has 1 amide bonds. The van der Waals surface area contributed by atoms with E-state index < -0.39 is 17.8 Å². The predicted molar refractivity (Wildman–Crippen MR) is 95.2 cm³/mol. The van der Waals surface area contributed by atoms with Gasteiger partial charge in [0.1, 0.15) is 5.60 Å². The number of carbonyl (C=O) groups is 2. The van der Waals surface area contributed by atoms with E-state index >= 15 is 0 Å². The molecule has 24 heavy (non-hydrogen) atoms. The Morgan fingerprint density at radius 2 is 1.88 bits per heavy atom. The topological polar surface area (TPSA) is 75.6 Å². The van der Waals surface area contributed by atoms with Gasteiger partial charge in [-0.15, -0.1) is 0 Å². The predicted octanol–water partition coefficient (Wildman–Crippen LogP) is 3.37. The van der Waals surface area contributed by atoms with Crippen molar-refractivity contribution < 1.29 is 19.4 Å². The molecule has 0 bridgehead atoms. The number of hydrogen-bond acceptors (Lipinski definition) is 5. The molecule has 0 aromatic heterocycles. The molecule has 6 heteroatoms. The standard InChI is InChI=1S/C18H25NO4S/c1-18(2,3)23-17(22)19-13-9-10-14(20)15(11-13)24-16(21)12-7-5-4-6-8-12/h4-8,13-15,20H,9-11H2,1-3H3,(H,19,22)/t13?,14-,15-/m1/s1. The monoisotopic (exact) mass is 351 g/mol. The molecule has 1 aromatic carbocycles. The third-order valence-electron chi connectivity index (χ3n) is 3.75. The van der Waals surface area contributed by atoms with Crippen molar-refractivity contribution in [1.29, 1.82) is 0 Å². The number of hydrogen-bond donors (Lipinski definition) is 2. The Hall–Kier alpha value is -1.53. The first-order valence-electron chi connectivity index (χ1n) is 8.18. The molecule has 5 nitrogen and oxygen atoms in total. The third-order valence-corrected chi connectivity index (χ3v) is 5.00. The highest BCUT2D eigenvalue weighted by atomic mass is 32.2. The molecular formula is C18H25NO4S. The summed E-state index contributed by atoms with van der Waals surface area (Å²) in [4.78, 5) is 24.2. The number of carbonyl (C=O) groups excluding carboxylic acids is 2. The Bertz CT molecular complexity index is 570. The highest BCUT2D eigenvalue weighted by molar-refractivity contribution is 8.14. The van der Waals surface area contributed by atoms with Crippen LogP contribution >= 0.6 is 11.8 Å². The van der Waals surface area contributed by atoms with Gasteiger partial charge in [0.05, 0.1) is 6.10 Å². The van der Waals surface area contributed by atoms with Crippen molar-refractivity contribution in [2.75, 3.05) is 0 Å². The normalized spacial score (nSPS) is 24.2. The van der Waals surface area contributed by atoms with E-state index in [-0.39, 0.29) is 16.4 Å². The molecule has 2 rings (SSSR count).